The lowest BCUT2D eigenvalue weighted by Crippen LogP contribution is -2.28. The summed E-state index contributed by atoms with van der Waals surface area (Å²) in [6, 6.07) is 14.9. The Kier molecular flexibility index (Phi) is 6.10. The van der Waals surface area contributed by atoms with Crippen LogP contribution in [-0.2, 0) is 12.8 Å². The van der Waals surface area contributed by atoms with Gasteiger partial charge < -0.3 is 5.32 Å². The minimum atomic E-state index is 0.407. The third kappa shape index (κ3) is 5.03. The monoisotopic (exact) mass is 321 g/mol. The molecule has 21 heavy (non-hydrogen) atoms. The third-order valence-electron chi connectivity index (χ3n) is 3.79. The number of hydrogen-bond donors (Lipinski definition) is 1. The molecular formula is C18H21Cl2N. The van der Waals surface area contributed by atoms with Gasteiger partial charge in [-0.2, -0.15) is 0 Å². The number of hydrogen-bond acceptors (Lipinski definition) is 1. The second kappa shape index (κ2) is 7.84. The second-order valence-corrected chi connectivity index (χ2v) is 6.29. The van der Waals surface area contributed by atoms with Crippen molar-refractivity contribution in [1.29, 1.82) is 0 Å². The number of benzene rings is 2. The van der Waals surface area contributed by atoms with Gasteiger partial charge >= 0.3 is 0 Å². The van der Waals surface area contributed by atoms with Crippen molar-refractivity contribution >= 4 is 23.2 Å². The van der Waals surface area contributed by atoms with Gasteiger partial charge in [0.1, 0.15) is 0 Å². The number of rotatable bonds is 6. The van der Waals surface area contributed by atoms with E-state index in [1.807, 2.05) is 25.2 Å². The molecule has 0 radical (unpaired) electrons. The van der Waals surface area contributed by atoms with Gasteiger partial charge in [0.05, 0.1) is 0 Å². The van der Waals surface area contributed by atoms with Crippen LogP contribution >= 0.6 is 23.2 Å². The Morgan fingerprint density at radius 2 is 1.76 bits per heavy atom. The first kappa shape index (κ1) is 16.4. The highest BCUT2D eigenvalue weighted by Gasteiger charge is 2.10. The molecule has 0 aliphatic carbocycles. The van der Waals surface area contributed by atoms with Crippen molar-refractivity contribution in [2.24, 2.45) is 0 Å². The SMILES string of the molecule is CNC(CCc1ccc(C)cc1)Cc1ccc(Cl)cc1Cl. The van der Waals surface area contributed by atoms with Gasteiger partial charge in [-0.05, 0) is 56.5 Å². The Morgan fingerprint density at radius 1 is 1.05 bits per heavy atom. The van der Waals surface area contributed by atoms with Crippen molar-refractivity contribution in [2.45, 2.75) is 32.2 Å². The molecule has 1 nitrogen and oxygen atoms in total. The first-order valence-corrected chi connectivity index (χ1v) is 8.01. The quantitative estimate of drug-likeness (QED) is 0.783. The molecule has 0 saturated heterocycles. The van der Waals surface area contributed by atoms with Gasteiger partial charge in [-0.3, -0.25) is 0 Å². The maximum atomic E-state index is 6.25. The predicted octanol–water partition coefficient (Wildman–Crippen LogP) is 5.07. The van der Waals surface area contributed by atoms with Crippen LogP contribution in [0.4, 0.5) is 0 Å². The largest absolute Gasteiger partial charge is 0.317 e. The Labute approximate surface area is 137 Å². The summed E-state index contributed by atoms with van der Waals surface area (Å²) in [5, 5.41) is 4.82. The molecule has 2 aromatic rings. The van der Waals surface area contributed by atoms with Crippen LogP contribution in [0.3, 0.4) is 0 Å². The summed E-state index contributed by atoms with van der Waals surface area (Å²) in [5.74, 6) is 0. The number of aryl methyl sites for hydroxylation is 2. The van der Waals surface area contributed by atoms with Crippen LogP contribution in [0.5, 0.6) is 0 Å². The zero-order valence-corrected chi connectivity index (χ0v) is 14.0. The lowest BCUT2D eigenvalue weighted by Gasteiger charge is -2.17. The van der Waals surface area contributed by atoms with E-state index in [-0.39, 0.29) is 0 Å². The molecule has 0 aliphatic rings. The molecule has 0 fully saturated rings. The van der Waals surface area contributed by atoms with E-state index >= 15 is 0 Å². The van der Waals surface area contributed by atoms with Gasteiger partial charge in [-0.15, -0.1) is 0 Å². The zero-order valence-electron chi connectivity index (χ0n) is 12.5. The maximum absolute atomic E-state index is 6.25. The minimum absolute atomic E-state index is 0.407. The van der Waals surface area contributed by atoms with Crippen LogP contribution in [0.25, 0.3) is 0 Å². The topological polar surface area (TPSA) is 12.0 Å². The second-order valence-electron chi connectivity index (χ2n) is 5.45. The fourth-order valence-electron chi connectivity index (χ4n) is 2.40. The van der Waals surface area contributed by atoms with E-state index in [0.717, 1.165) is 29.8 Å². The highest BCUT2D eigenvalue weighted by Crippen LogP contribution is 2.23. The molecule has 2 rings (SSSR count). The third-order valence-corrected chi connectivity index (χ3v) is 4.38. The van der Waals surface area contributed by atoms with Crippen LogP contribution in [0.1, 0.15) is 23.1 Å². The molecule has 0 heterocycles. The van der Waals surface area contributed by atoms with Gasteiger partial charge in [0.15, 0.2) is 0 Å². The van der Waals surface area contributed by atoms with Crippen molar-refractivity contribution in [3.8, 4) is 0 Å². The van der Waals surface area contributed by atoms with E-state index in [0.29, 0.717) is 11.1 Å². The molecule has 0 bridgehead atoms. The van der Waals surface area contributed by atoms with Crippen LogP contribution in [0.15, 0.2) is 42.5 Å². The number of halogens is 2. The van der Waals surface area contributed by atoms with E-state index in [2.05, 4.69) is 36.5 Å². The fraction of sp³-hybridized carbons (Fsp3) is 0.333. The molecule has 0 amide bonds. The average Bonchev–Trinajstić information content (AvgIpc) is 2.47. The average molecular weight is 322 g/mol. The normalized spacial score (nSPS) is 12.4. The maximum Gasteiger partial charge on any atom is 0.0453 e. The molecule has 0 aromatic heterocycles. The molecule has 2 aromatic carbocycles. The van der Waals surface area contributed by atoms with Crippen LogP contribution in [-0.4, -0.2) is 13.1 Å². The first-order valence-electron chi connectivity index (χ1n) is 7.25. The highest BCUT2D eigenvalue weighted by molar-refractivity contribution is 6.35. The summed E-state index contributed by atoms with van der Waals surface area (Å²) in [4.78, 5) is 0. The highest BCUT2D eigenvalue weighted by atomic mass is 35.5. The van der Waals surface area contributed by atoms with Gasteiger partial charge in [0.2, 0.25) is 0 Å². The summed E-state index contributed by atoms with van der Waals surface area (Å²) < 4.78 is 0. The number of likely N-dealkylation sites (N-methyl/N-ethyl adjacent to an activating group) is 1. The first-order chi connectivity index (χ1) is 10.1. The van der Waals surface area contributed by atoms with E-state index in [9.17, 15) is 0 Å². The summed E-state index contributed by atoms with van der Waals surface area (Å²) in [5.41, 5.74) is 3.82. The molecule has 112 valence electrons. The zero-order chi connectivity index (χ0) is 15.2. The van der Waals surface area contributed by atoms with E-state index in [1.54, 1.807) is 0 Å². The minimum Gasteiger partial charge on any atom is -0.317 e. The van der Waals surface area contributed by atoms with E-state index in [4.69, 9.17) is 23.2 Å². The van der Waals surface area contributed by atoms with Gasteiger partial charge in [-0.25, -0.2) is 0 Å². The lowest BCUT2D eigenvalue weighted by atomic mass is 9.99. The van der Waals surface area contributed by atoms with Gasteiger partial charge in [-0.1, -0.05) is 59.1 Å². The summed E-state index contributed by atoms with van der Waals surface area (Å²) in [6.07, 6.45) is 3.06. The number of nitrogens with one attached hydrogen (secondary N) is 1. The molecule has 0 spiro atoms. The Bertz CT molecular complexity index is 578. The molecule has 1 N–H and O–H groups in total. The van der Waals surface area contributed by atoms with Gasteiger partial charge in [0.25, 0.3) is 0 Å². The van der Waals surface area contributed by atoms with Crippen molar-refractivity contribution in [3.05, 3.63) is 69.2 Å². The van der Waals surface area contributed by atoms with Crippen LogP contribution < -0.4 is 5.32 Å². The lowest BCUT2D eigenvalue weighted by molar-refractivity contribution is 0.520. The summed E-state index contributed by atoms with van der Waals surface area (Å²) in [6.45, 7) is 2.11. The van der Waals surface area contributed by atoms with Crippen molar-refractivity contribution < 1.29 is 0 Å². The molecule has 0 aliphatic heterocycles. The van der Waals surface area contributed by atoms with E-state index < -0.39 is 0 Å². The van der Waals surface area contributed by atoms with Crippen molar-refractivity contribution in [2.75, 3.05) is 7.05 Å². The summed E-state index contributed by atoms with van der Waals surface area (Å²) in [7, 11) is 2.00. The Balaban J connectivity index is 1.95. The Morgan fingerprint density at radius 3 is 2.38 bits per heavy atom. The summed E-state index contributed by atoms with van der Waals surface area (Å²) >= 11 is 12.2. The smallest absolute Gasteiger partial charge is 0.0453 e. The Hall–Kier alpha value is -1.02. The molecule has 3 heteroatoms. The standard InChI is InChI=1S/C18H21Cl2N/c1-13-3-5-14(6-4-13)7-10-17(21-2)11-15-8-9-16(19)12-18(15)20/h3-6,8-9,12,17,21H,7,10-11H2,1-2H3. The fourth-order valence-corrected chi connectivity index (χ4v) is 2.88. The predicted molar refractivity (Wildman–Crippen MR) is 92.5 cm³/mol. The van der Waals surface area contributed by atoms with Crippen molar-refractivity contribution in [1.82, 2.24) is 5.32 Å². The molecule has 1 unspecified atom stereocenters. The van der Waals surface area contributed by atoms with E-state index in [1.165, 1.54) is 11.1 Å². The van der Waals surface area contributed by atoms with Crippen LogP contribution in [0.2, 0.25) is 10.0 Å². The van der Waals surface area contributed by atoms with Crippen LogP contribution in [0, 0.1) is 6.92 Å². The van der Waals surface area contributed by atoms with Crippen molar-refractivity contribution in [3.63, 3.8) is 0 Å². The molecule has 0 saturated carbocycles. The van der Waals surface area contributed by atoms with Gasteiger partial charge in [0, 0.05) is 16.1 Å². The molecular weight excluding hydrogens is 301 g/mol. The molecule has 1 atom stereocenters.